The van der Waals surface area contributed by atoms with E-state index < -0.39 is 0 Å². The molecule has 0 radical (unpaired) electrons. The first-order valence-electron chi connectivity index (χ1n) is 10.2. The number of aromatic nitrogens is 1. The lowest BCUT2D eigenvalue weighted by Crippen LogP contribution is -2.41. The van der Waals surface area contributed by atoms with Gasteiger partial charge in [0.25, 0.3) is 0 Å². The highest BCUT2D eigenvalue weighted by molar-refractivity contribution is 7.11. The van der Waals surface area contributed by atoms with Crippen molar-refractivity contribution in [1.29, 1.82) is 5.41 Å². The van der Waals surface area contributed by atoms with Gasteiger partial charge in [0.15, 0.2) is 11.5 Å². The van der Waals surface area contributed by atoms with Gasteiger partial charge in [0.1, 0.15) is 16.6 Å². The SMILES string of the molecule is CCN1CCC[C@@H]1CN1CC(O)=C(c2nc(-c3ccc(OC)c(OC)c3)cs2)C1=N. The Kier molecular flexibility index (Phi) is 5.97. The number of likely N-dealkylation sites (tertiary alicyclic amines) is 1. The molecular formula is C22H28N4O3S. The molecule has 0 amide bonds. The van der Waals surface area contributed by atoms with Gasteiger partial charge in [0.05, 0.1) is 32.0 Å². The molecule has 2 aromatic rings. The van der Waals surface area contributed by atoms with Crippen LogP contribution < -0.4 is 9.47 Å². The van der Waals surface area contributed by atoms with Crippen LogP contribution in [-0.4, -0.2) is 72.2 Å². The molecule has 30 heavy (non-hydrogen) atoms. The molecule has 1 aromatic carbocycles. The van der Waals surface area contributed by atoms with Crippen LogP contribution in [0.1, 0.15) is 24.8 Å². The lowest BCUT2D eigenvalue weighted by Gasteiger charge is -2.28. The molecule has 2 aliphatic rings. The quantitative estimate of drug-likeness (QED) is 0.697. The van der Waals surface area contributed by atoms with Crippen LogP contribution in [-0.2, 0) is 0 Å². The molecule has 160 valence electrons. The van der Waals surface area contributed by atoms with E-state index in [0.717, 1.165) is 37.3 Å². The van der Waals surface area contributed by atoms with Crippen molar-refractivity contribution in [2.75, 3.05) is 40.4 Å². The van der Waals surface area contributed by atoms with Gasteiger partial charge in [0, 0.05) is 23.5 Å². The molecule has 0 bridgehead atoms. The summed E-state index contributed by atoms with van der Waals surface area (Å²) in [6.07, 6.45) is 2.35. The number of rotatable bonds is 7. The van der Waals surface area contributed by atoms with E-state index >= 15 is 0 Å². The van der Waals surface area contributed by atoms with Gasteiger partial charge in [-0.3, -0.25) is 10.3 Å². The number of thiazole rings is 1. The molecule has 2 N–H and O–H groups in total. The maximum absolute atomic E-state index is 10.6. The van der Waals surface area contributed by atoms with Crippen molar-refractivity contribution >= 4 is 22.7 Å². The Morgan fingerprint density at radius 2 is 2.07 bits per heavy atom. The number of methoxy groups -OCH3 is 2. The molecule has 0 saturated carbocycles. The normalized spacial score (nSPS) is 19.8. The van der Waals surface area contributed by atoms with Crippen molar-refractivity contribution < 1.29 is 14.6 Å². The number of nitrogens with one attached hydrogen (secondary N) is 1. The fraction of sp³-hybridized carbons (Fsp3) is 0.455. The molecule has 0 aliphatic carbocycles. The van der Waals surface area contributed by atoms with E-state index in [1.807, 2.05) is 28.5 Å². The first-order valence-corrected chi connectivity index (χ1v) is 11.1. The Morgan fingerprint density at radius 1 is 1.27 bits per heavy atom. The maximum Gasteiger partial charge on any atom is 0.161 e. The van der Waals surface area contributed by atoms with Crippen molar-refractivity contribution in [2.24, 2.45) is 0 Å². The molecule has 8 heteroatoms. The number of likely N-dealkylation sites (N-methyl/N-ethyl adjacent to an activating group) is 1. The zero-order valence-corrected chi connectivity index (χ0v) is 18.5. The third kappa shape index (κ3) is 3.77. The van der Waals surface area contributed by atoms with E-state index in [2.05, 4.69) is 11.8 Å². The Morgan fingerprint density at radius 3 is 2.80 bits per heavy atom. The molecule has 0 spiro atoms. The number of aliphatic hydroxyl groups is 1. The number of nitrogens with zero attached hydrogens (tertiary/aromatic N) is 3. The van der Waals surface area contributed by atoms with Gasteiger partial charge in [-0.1, -0.05) is 6.92 Å². The summed E-state index contributed by atoms with van der Waals surface area (Å²) in [5.74, 6) is 1.90. The van der Waals surface area contributed by atoms with Crippen molar-refractivity contribution in [3.05, 3.63) is 34.3 Å². The van der Waals surface area contributed by atoms with Crippen molar-refractivity contribution in [3.63, 3.8) is 0 Å². The highest BCUT2D eigenvalue weighted by atomic mass is 32.1. The second kappa shape index (κ2) is 8.65. The molecule has 3 heterocycles. The molecule has 4 rings (SSSR count). The Labute approximate surface area is 181 Å². The molecule has 1 fully saturated rings. The largest absolute Gasteiger partial charge is 0.510 e. The molecule has 2 aliphatic heterocycles. The average molecular weight is 429 g/mol. The van der Waals surface area contributed by atoms with Crippen molar-refractivity contribution in [3.8, 4) is 22.8 Å². The Bertz CT molecular complexity index is 971. The van der Waals surface area contributed by atoms with E-state index in [0.29, 0.717) is 40.5 Å². The van der Waals surface area contributed by atoms with Crippen molar-refractivity contribution in [2.45, 2.75) is 25.8 Å². The number of benzene rings is 1. The summed E-state index contributed by atoms with van der Waals surface area (Å²) in [6.45, 7) is 5.48. The number of hydrogen-bond donors (Lipinski definition) is 2. The summed E-state index contributed by atoms with van der Waals surface area (Å²) < 4.78 is 10.7. The molecular weight excluding hydrogens is 400 g/mol. The third-order valence-corrected chi connectivity index (χ3v) is 6.78. The summed E-state index contributed by atoms with van der Waals surface area (Å²) in [7, 11) is 3.21. The van der Waals surface area contributed by atoms with Crippen LogP contribution in [0, 0.1) is 5.41 Å². The fourth-order valence-electron chi connectivity index (χ4n) is 4.30. The molecule has 0 unspecified atom stereocenters. The van der Waals surface area contributed by atoms with Crippen LogP contribution in [0.3, 0.4) is 0 Å². The van der Waals surface area contributed by atoms with Crippen LogP contribution in [0.4, 0.5) is 0 Å². The third-order valence-electron chi connectivity index (χ3n) is 5.92. The Hall–Kier alpha value is -2.58. The molecule has 1 saturated heterocycles. The van der Waals surface area contributed by atoms with Gasteiger partial charge in [-0.15, -0.1) is 11.3 Å². The summed E-state index contributed by atoms with van der Waals surface area (Å²) in [5.41, 5.74) is 2.24. The van der Waals surface area contributed by atoms with Gasteiger partial charge >= 0.3 is 0 Å². The van der Waals surface area contributed by atoms with E-state index in [1.165, 1.54) is 17.8 Å². The van der Waals surface area contributed by atoms with E-state index in [-0.39, 0.29) is 5.76 Å². The van der Waals surface area contributed by atoms with Gasteiger partial charge in [0.2, 0.25) is 0 Å². The van der Waals surface area contributed by atoms with Crippen LogP contribution in [0.5, 0.6) is 11.5 Å². The number of hydrogen-bond acceptors (Lipinski definition) is 7. The monoisotopic (exact) mass is 428 g/mol. The smallest absolute Gasteiger partial charge is 0.161 e. The number of amidine groups is 1. The van der Waals surface area contributed by atoms with E-state index in [9.17, 15) is 5.11 Å². The maximum atomic E-state index is 10.6. The van der Waals surface area contributed by atoms with Crippen LogP contribution in [0.15, 0.2) is 29.3 Å². The summed E-state index contributed by atoms with van der Waals surface area (Å²) in [5, 5.41) is 21.9. The fourth-order valence-corrected chi connectivity index (χ4v) is 5.20. The zero-order valence-electron chi connectivity index (χ0n) is 17.6. The number of ether oxygens (including phenoxy) is 2. The lowest BCUT2D eigenvalue weighted by molar-refractivity contribution is 0.222. The summed E-state index contributed by atoms with van der Waals surface area (Å²) >= 11 is 1.44. The van der Waals surface area contributed by atoms with E-state index in [1.54, 1.807) is 14.2 Å². The minimum absolute atomic E-state index is 0.231. The first kappa shape index (κ1) is 20.7. The lowest BCUT2D eigenvalue weighted by atomic mass is 10.1. The van der Waals surface area contributed by atoms with Crippen LogP contribution in [0.2, 0.25) is 0 Å². The molecule has 1 aromatic heterocycles. The van der Waals surface area contributed by atoms with Crippen molar-refractivity contribution in [1.82, 2.24) is 14.8 Å². The van der Waals surface area contributed by atoms with Gasteiger partial charge < -0.3 is 19.5 Å². The molecule has 7 nitrogen and oxygen atoms in total. The predicted octanol–water partition coefficient (Wildman–Crippen LogP) is 3.87. The van der Waals surface area contributed by atoms with Gasteiger partial charge in [-0.05, 0) is 44.1 Å². The second-order valence-electron chi connectivity index (χ2n) is 7.58. The highest BCUT2D eigenvalue weighted by Gasteiger charge is 2.34. The first-order chi connectivity index (χ1) is 14.5. The molecule has 1 atom stereocenters. The average Bonchev–Trinajstić information content (AvgIpc) is 3.47. The topological polar surface area (TPSA) is 81.9 Å². The highest BCUT2D eigenvalue weighted by Crippen LogP contribution is 2.36. The Balaban J connectivity index is 1.53. The zero-order chi connectivity index (χ0) is 21.3. The standard InChI is InChI=1S/C22H28N4O3S/c1-4-25-9-5-6-15(25)11-26-12-17(27)20(21(26)23)22-24-16(13-30-22)14-7-8-18(28-2)19(10-14)29-3/h7-8,10,13,15,23,27H,4-6,9,11-12H2,1-3H3/t15-/m1/s1. The van der Waals surface area contributed by atoms with Crippen LogP contribution in [0.25, 0.3) is 16.8 Å². The minimum atomic E-state index is 0.231. The minimum Gasteiger partial charge on any atom is -0.510 e. The predicted molar refractivity (Wildman–Crippen MR) is 120 cm³/mol. The van der Waals surface area contributed by atoms with Crippen LogP contribution >= 0.6 is 11.3 Å². The van der Waals surface area contributed by atoms with Gasteiger partial charge in [-0.25, -0.2) is 4.98 Å². The summed E-state index contributed by atoms with van der Waals surface area (Å²) in [6, 6.07) is 6.11. The van der Waals surface area contributed by atoms with E-state index in [4.69, 9.17) is 19.9 Å². The second-order valence-corrected chi connectivity index (χ2v) is 8.44. The van der Waals surface area contributed by atoms with Gasteiger partial charge in [-0.2, -0.15) is 0 Å². The number of aliphatic hydroxyl groups excluding tert-OH is 1. The summed E-state index contributed by atoms with van der Waals surface area (Å²) in [4.78, 5) is 9.15.